The number of rotatable bonds is 2. The third kappa shape index (κ3) is 3.95. The number of urea groups is 1. The van der Waals surface area contributed by atoms with Crippen LogP contribution in [0.3, 0.4) is 0 Å². The lowest BCUT2D eigenvalue weighted by Crippen LogP contribution is -2.52. The van der Waals surface area contributed by atoms with Crippen LogP contribution in [0.4, 0.5) is 10.5 Å². The van der Waals surface area contributed by atoms with Gasteiger partial charge in [-0.25, -0.2) is 4.79 Å². The number of nitrogens with one attached hydrogen (secondary N) is 1. The van der Waals surface area contributed by atoms with E-state index in [2.05, 4.69) is 14.9 Å². The Morgan fingerprint density at radius 2 is 1.81 bits per heavy atom. The van der Waals surface area contributed by atoms with E-state index in [-0.39, 0.29) is 17.4 Å². The standard InChI is InChI=1S/C19H23N5O2S/c25-17(16-13-27-22-21-16)23-11-8-19(9-12-23)7-4-10-24(14-19)18(26)20-15-5-2-1-3-6-15/h1-3,5-6,13H,4,7-12,14H2,(H,20,26). The molecule has 2 aromatic rings. The molecule has 3 amide bonds. The van der Waals surface area contributed by atoms with Crippen LogP contribution in [0.25, 0.3) is 0 Å². The minimum atomic E-state index is -0.0349. The van der Waals surface area contributed by atoms with Crippen LogP contribution < -0.4 is 5.32 Å². The lowest BCUT2D eigenvalue weighted by Gasteiger charge is -2.47. The summed E-state index contributed by atoms with van der Waals surface area (Å²) >= 11 is 1.20. The van der Waals surface area contributed by atoms with Gasteiger partial charge in [0.25, 0.3) is 5.91 Å². The van der Waals surface area contributed by atoms with E-state index < -0.39 is 0 Å². The Morgan fingerprint density at radius 3 is 2.52 bits per heavy atom. The number of anilines is 1. The molecule has 7 nitrogen and oxygen atoms in total. The molecule has 1 spiro atoms. The number of likely N-dealkylation sites (tertiary alicyclic amines) is 2. The van der Waals surface area contributed by atoms with Crippen LogP contribution in [0.5, 0.6) is 0 Å². The number of carbonyl (C=O) groups excluding carboxylic acids is 2. The first-order valence-electron chi connectivity index (χ1n) is 9.33. The van der Waals surface area contributed by atoms with Crippen LogP contribution in [0, 0.1) is 5.41 Å². The molecule has 0 atom stereocenters. The van der Waals surface area contributed by atoms with E-state index in [1.807, 2.05) is 40.1 Å². The van der Waals surface area contributed by atoms with Gasteiger partial charge in [0.15, 0.2) is 5.69 Å². The molecule has 1 aromatic carbocycles. The summed E-state index contributed by atoms with van der Waals surface area (Å²) in [6.07, 6.45) is 3.96. The molecule has 27 heavy (non-hydrogen) atoms. The van der Waals surface area contributed by atoms with Crippen LogP contribution in [-0.2, 0) is 0 Å². The molecule has 8 heteroatoms. The van der Waals surface area contributed by atoms with E-state index in [1.54, 1.807) is 5.38 Å². The van der Waals surface area contributed by atoms with Gasteiger partial charge in [-0.1, -0.05) is 22.7 Å². The van der Waals surface area contributed by atoms with Crippen molar-refractivity contribution in [3.8, 4) is 0 Å². The highest BCUT2D eigenvalue weighted by atomic mass is 32.1. The highest BCUT2D eigenvalue weighted by Gasteiger charge is 2.40. The number of piperidine rings is 2. The van der Waals surface area contributed by atoms with Crippen molar-refractivity contribution in [1.82, 2.24) is 19.4 Å². The van der Waals surface area contributed by atoms with Gasteiger partial charge in [0.05, 0.1) is 0 Å². The average molecular weight is 385 g/mol. The van der Waals surface area contributed by atoms with E-state index in [1.165, 1.54) is 11.5 Å². The fraction of sp³-hybridized carbons (Fsp3) is 0.474. The molecule has 0 unspecified atom stereocenters. The molecule has 3 heterocycles. The highest BCUT2D eigenvalue weighted by Crippen LogP contribution is 2.40. The normalized spacial score (nSPS) is 19.1. The zero-order valence-corrected chi connectivity index (χ0v) is 16.0. The van der Waals surface area contributed by atoms with Crippen molar-refractivity contribution in [2.24, 2.45) is 5.41 Å². The lowest BCUT2D eigenvalue weighted by atomic mass is 9.72. The van der Waals surface area contributed by atoms with Crippen molar-refractivity contribution in [3.05, 3.63) is 41.4 Å². The number of benzene rings is 1. The van der Waals surface area contributed by atoms with E-state index in [9.17, 15) is 9.59 Å². The molecular weight excluding hydrogens is 362 g/mol. The molecule has 142 valence electrons. The van der Waals surface area contributed by atoms with Gasteiger partial charge < -0.3 is 15.1 Å². The van der Waals surface area contributed by atoms with Crippen LogP contribution in [0.15, 0.2) is 35.7 Å². The van der Waals surface area contributed by atoms with Gasteiger partial charge in [-0.2, -0.15) is 0 Å². The van der Waals surface area contributed by atoms with Gasteiger partial charge >= 0.3 is 6.03 Å². The number of hydrogen-bond donors (Lipinski definition) is 1. The molecule has 0 saturated carbocycles. The molecule has 1 aromatic heterocycles. The predicted octanol–water partition coefficient (Wildman–Crippen LogP) is 3.09. The molecule has 2 saturated heterocycles. The lowest BCUT2D eigenvalue weighted by molar-refractivity contribution is 0.0332. The van der Waals surface area contributed by atoms with Crippen LogP contribution >= 0.6 is 11.5 Å². The fourth-order valence-corrected chi connectivity index (χ4v) is 4.55. The van der Waals surface area contributed by atoms with Crippen molar-refractivity contribution in [1.29, 1.82) is 0 Å². The summed E-state index contributed by atoms with van der Waals surface area (Å²) in [5.41, 5.74) is 1.37. The molecule has 0 bridgehead atoms. The van der Waals surface area contributed by atoms with Crippen molar-refractivity contribution >= 4 is 29.2 Å². The van der Waals surface area contributed by atoms with Crippen LogP contribution in [-0.4, -0.2) is 57.5 Å². The minimum absolute atomic E-state index is 0.0342. The summed E-state index contributed by atoms with van der Waals surface area (Å²) in [5, 5.41) is 8.57. The van der Waals surface area contributed by atoms with Gasteiger partial charge in [0.1, 0.15) is 0 Å². The van der Waals surface area contributed by atoms with Gasteiger partial charge in [-0.15, -0.1) is 5.10 Å². The maximum absolute atomic E-state index is 12.7. The molecule has 2 aliphatic heterocycles. The van der Waals surface area contributed by atoms with Crippen LogP contribution in [0.2, 0.25) is 0 Å². The number of amides is 3. The summed E-state index contributed by atoms with van der Waals surface area (Å²) in [5.74, 6) is -0.0342. The van der Waals surface area contributed by atoms with Crippen LogP contribution in [0.1, 0.15) is 36.2 Å². The minimum Gasteiger partial charge on any atom is -0.337 e. The first kappa shape index (κ1) is 17.9. The Hall–Kier alpha value is -2.48. The molecular formula is C19H23N5O2S. The second-order valence-electron chi connectivity index (χ2n) is 7.40. The Balaban J connectivity index is 1.35. The first-order valence-corrected chi connectivity index (χ1v) is 10.2. The SMILES string of the molecule is O=C(Nc1ccccc1)N1CCCC2(CCN(C(=O)c3csnn3)CC2)C1. The summed E-state index contributed by atoms with van der Waals surface area (Å²) in [6, 6.07) is 9.52. The quantitative estimate of drug-likeness (QED) is 0.862. The second kappa shape index (κ2) is 7.64. The Morgan fingerprint density at radius 1 is 1.04 bits per heavy atom. The third-order valence-corrected chi connectivity index (χ3v) is 6.17. The number of para-hydroxylation sites is 1. The molecule has 2 fully saturated rings. The largest absolute Gasteiger partial charge is 0.337 e. The van der Waals surface area contributed by atoms with E-state index in [0.717, 1.165) is 44.5 Å². The van der Waals surface area contributed by atoms with E-state index in [0.29, 0.717) is 18.8 Å². The van der Waals surface area contributed by atoms with E-state index >= 15 is 0 Å². The Bertz CT molecular complexity index is 788. The van der Waals surface area contributed by atoms with Gasteiger partial charge in [0.2, 0.25) is 0 Å². The number of carbonyl (C=O) groups is 2. The van der Waals surface area contributed by atoms with E-state index in [4.69, 9.17) is 0 Å². The average Bonchev–Trinajstić information content (AvgIpc) is 3.24. The Kier molecular flexibility index (Phi) is 5.07. The number of nitrogens with zero attached hydrogens (tertiary/aromatic N) is 4. The van der Waals surface area contributed by atoms with Crippen molar-refractivity contribution in [3.63, 3.8) is 0 Å². The summed E-state index contributed by atoms with van der Waals surface area (Å²) in [4.78, 5) is 28.9. The molecule has 2 aliphatic rings. The molecule has 0 aliphatic carbocycles. The molecule has 1 N–H and O–H groups in total. The zero-order valence-electron chi connectivity index (χ0n) is 15.1. The van der Waals surface area contributed by atoms with Crippen molar-refractivity contribution in [2.75, 3.05) is 31.5 Å². The Labute approximate surface area is 162 Å². The maximum atomic E-state index is 12.7. The number of hydrogen-bond acceptors (Lipinski definition) is 5. The smallest absolute Gasteiger partial charge is 0.321 e. The topological polar surface area (TPSA) is 78.4 Å². The van der Waals surface area contributed by atoms with Crippen molar-refractivity contribution in [2.45, 2.75) is 25.7 Å². The van der Waals surface area contributed by atoms with Gasteiger partial charge in [-0.3, -0.25) is 4.79 Å². The predicted molar refractivity (Wildman–Crippen MR) is 104 cm³/mol. The second-order valence-corrected chi connectivity index (χ2v) is 8.01. The molecule has 0 radical (unpaired) electrons. The monoisotopic (exact) mass is 385 g/mol. The fourth-order valence-electron chi connectivity index (χ4n) is 4.12. The summed E-state index contributed by atoms with van der Waals surface area (Å²) in [7, 11) is 0. The summed E-state index contributed by atoms with van der Waals surface area (Å²) < 4.78 is 3.78. The first-order chi connectivity index (χ1) is 13.2. The van der Waals surface area contributed by atoms with Gasteiger partial charge in [0, 0.05) is 37.2 Å². The van der Waals surface area contributed by atoms with Crippen molar-refractivity contribution < 1.29 is 9.59 Å². The third-order valence-electron chi connectivity index (χ3n) is 5.66. The molecule has 4 rings (SSSR count). The zero-order chi connectivity index (χ0) is 18.7. The highest BCUT2D eigenvalue weighted by molar-refractivity contribution is 7.03. The number of aromatic nitrogens is 2. The maximum Gasteiger partial charge on any atom is 0.321 e. The summed E-state index contributed by atoms with van der Waals surface area (Å²) in [6.45, 7) is 2.97. The van der Waals surface area contributed by atoms with Gasteiger partial charge in [-0.05, 0) is 54.8 Å².